The molecule has 0 aromatic heterocycles. The molecular weight excluding hydrogens is 426 g/mol. The molecule has 0 saturated carbocycles. The first kappa shape index (κ1) is 24.1. The molecule has 3 aliphatic heterocycles. The van der Waals surface area contributed by atoms with E-state index in [2.05, 4.69) is 42.9 Å². The molecular formula is C25H36F2N4O2. The van der Waals surface area contributed by atoms with Gasteiger partial charge < -0.3 is 15.1 Å². The number of carbonyl (C=O) groups excluding carboxylic acids is 2. The van der Waals surface area contributed by atoms with E-state index in [0.717, 1.165) is 18.2 Å². The van der Waals surface area contributed by atoms with Gasteiger partial charge in [0, 0.05) is 38.8 Å². The van der Waals surface area contributed by atoms with Crippen LogP contribution in [0.3, 0.4) is 0 Å². The lowest BCUT2D eigenvalue weighted by Gasteiger charge is -2.41. The van der Waals surface area contributed by atoms with Gasteiger partial charge in [-0.3, -0.25) is 14.5 Å². The third-order valence-electron chi connectivity index (χ3n) is 7.33. The van der Waals surface area contributed by atoms with Gasteiger partial charge in [0.15, 0.2) is 11.6 Å². The summed E-state index contributed by atoms with van der Waals surface area (Å²) in [5.41, 5.74) is 0.353. The van der Waals surface area contributed by atoms with Crippen LogP contribution in [-0.2, 0) is 16.1 Å². The van der Waals surface area contributed by atoms with E-state index in [1.165, 1.54) is 6.07 Å². The van der Waals surface area contributed by atoms with Gasteiger partial charge in [-0.2, -0.15) is 0 Å². The molecule has 3 fully saturated rings. The van der Waals surface area contributed by atoms with Gasteiger partial charge in [0.2, 0.25) is 11.8 Å². The summed E-state index contributed by atoms with van der Waals surface area (Å²) >= 11 is 0. The maximum atomic E-state index is 13.5. The average molecular weight is 463 g/mol. The number of rotatable bonds is 4. The minimum Gasteiger partial charge on any atom is -0.348 e. The molecule has 1 aromatic rings. The van der Waals surface area contributed by atoms with Crippen molar-refractivity contribution < 1.29 is 18.4 Å². The highest BCUT2D eigenvalue weighted by Crippen LogP contribution is 2.34. The van der Waals surface area contributed by atoms with E-state index in [1.54, 1.807) is 11.0 Å². The minimum absolute atomic E-state index is 0.0402. The zero-order chi connectivity index (χ0) is 24.0. The van der Waals surface area contributed by atoms with E-state index in [1.807, 2.05) is 0 Å². The van der Waals surface area contributed by atoms with E-state index in [-0.39, 0.29) is 23.3 Å². The summed E-state index contributed by atoms with van der Waals surface area (Å²) in [5, 5.41) is 3.25. The third-order valence-corrected chi connectivity index (χ3v) is 7.33. The number of piperidine rings is 1. The number of hydrogen-bond donors (Lipinski definition) is 1. The molecule has 2 amide bonds. The summed E-state index contributed by atoms with van der Waals surface area (Å²) in [6.45, 7) is 9.98. The van der Waals surface area contributed by atoms with Crippen molar-refractivity contribution in [3.05, 3.63) is 35.4 Å². The number of likely N-dealkylation sites (tertiary alicyclic amines) is 1. The van der Waals surface area contributed by atoms with Crippen molar-refractivity contribution in [2.75, 3.05) is 33.2 Å². The van der Waals surface area contributed by atoms with E-state index in [9.17, 15) is 18.4 Å². The molecule has 8 heteroatoms. The van der Waals surface area contributed by atoms with Gasteiger partial charge in [0.25, 0.3) is 0 Å². The quantitative estimate of drug-likeness (QED) is 0.748. The lowest BCUT2D eigenvalue weighted by Crippen LogP contribution is -2.56. The van der Waals surface area contributed by atoms with Crippen molar-refractivity contribution in [3.8, 4) is 0 Å². The van der Waals surface area contributed by atoms with Crippen LogP contribution in [0.2, 0.25) is 0 Å². The van der Waals surface area contributed by atoms with Crippen molar-refractivity contribution in [3.63, 3.8) is 0 Å². The van der Waals surface area contributed by atoms with Crippen LogP contribution in [0.4, 0.5) is 8.78 Å². The number of amides is 2. The van der Waals surface area contributed by atoms with Gasteiger partial charge in [-0.15, -0.1) is 0 Å². The molecule has 3 heterocycles. The second-order valence-corrected chi connectivity index (χ2v) is 11.4. The molecule has 6 nitrogen and oxygen atoms in total. The Balaban J connectivity index is 1.37. The highest BCUT2D eigenvalue weighted by atomic mass is 19.2. The Morgan fingerprint density at radius 3 is 2.48 bits per heavy atom. The van der Waals surface area contributed by atoms with E-state index in [4.69, 9.17) is 0 Å². The van der Waals surface area contributed by atoms with Crippen molar-refractivity contribution in [2.45, 2.75) is 70.6 Å². The largest absolute Gasteiger partial charge is 0.348 e. The SMILES string of the molecule is CN(CC(C)(C)C)[C@H]1C[C@H]2C(=O)NC3(CCN(Cc4ccc(F)c(F)c4)CC3)CC(=O)N2C1. The Hall–Kier alpha value is -2.06. The molecule has 3 saturated heterocycles. The van der Waals surface area contributed by atoms with E-state index < -0.39 is 23.2 Å². The van der Waals surface area contributed by atoms with Gasteiger partial charge in [-0.1, -0.05) is 26.8 Å². The van der Waals surface area contributed by atoms with Crippen LogP contribution in [0.25, 0.3) is 0 Å². The lowest BCUT2D eigenvalue weighted by molar-refractivity contribution is -0.135. The molecule has 4 rings (SSSR count). The van der Waals surface area contributed by atoms with Crippen LogP contribution in [0.15, 0.2) is 18.2 Å². The molecule has 182 valence electrons. The molecule has 0 radical (unpaired) electrons. The lowest BCUT2D eigenvalue weighted by atomic mass is 9.84. The van der Waals surface area contributed by atoms with Crippen LogP contribution < -0.4 is 5.32 Å². The Bertz CT molecular complexity index is 880. The Morgan fingerprint density at radius 2 is 1.85 bits per heavy atom. The van der Waals surface area contributed by atoms with Crippen molar-refractivity contribution in [1.29, 1.82) is 0 Å². The molecule has 2 atom stereocenters. The molecule has 0 aliphatic carbocycles. The topological polar surface area (TPSA) is 55.9 Å². The zero-order valence-corrected chi connectivity index (χ0v) is 20.2. The number of hydrogen-bond acceptors (Lipinski definition) is 4. The summed E-state index contributed by atoms with van der Waals surface area (Å²) in [4.78, 5) is 32.7. The number of nitrogens with one attached hydrogen (secondary N) is 1. The van der Waals surface area contributed by atoms with Gasteiger partial charge in [0.05, 0.1) is 12.0 Å². The van der Waals surface area contributed by atoms with Crippen molar-refractivity contribution in [1.82, 2.24) is 20.0 Å². The number of carbonyl (C=O) groups is 2. The first-order valence-electron chi connectivity index (χ1n) is 11.9. The number of likely N-dealkylation sites (N-methyl/N-ethyl adjacent to an activating group) is 1. The number of nitrogens with zero attached hydrogens (tertiary/aromatic N) is 3. The summed E-state index contributed by atoms with van der Waals surface area (Å²) in [6.07, 6.45) is 2.33. The molecule has 33 heavy (non-hydrogen) atoms. The average Bonchev–Trinajstić information content (AvgIpc) is 3.14. The van der Waals surface area contributed by atoms with Crippen LogP contribution >= 0.6 is 0 Å². The standard InChI is InChI=1S/C25H36F2N4O2/c1-24(2,3)16-29(4)18-12-21-23(33)28-25(13-22(32)31(21)15-18)7-9-30(10-8-25)14-17-5-6-19(26)20(27)11-17/h5-6,11,18,21H,7-10,12-16H2,1-4H3,(H,28,33)/t18-,21-/m0/s1. The van der Waals surface area contributed by atoms with Crippen molar-refractivity contribution >= 4 is 11.8 Å². The normalized spacial score (nSPS) is 26.0. The summed E-state index contributed by atoms with van der Waals surface area (Å²) < 4.78 is 26.7. The molecule has 0 bridgehead atoms. The van der Waals surface area contributed by atoms with Gasteiger partial charge in [0.1, 0.15) is 6.04 Å². The number of fused-ring (bicyclic) bond motifs is 1. The Kier molecular flexibility index (Phi) is 6.53. The first-order valence-corrected chi connectivity index (χ1v) is 11.9. The van der Waals surface area contributed by atoms with Gasteiger partial charge >= 0.3 is 0 Å². The number of benzene rings is 1. The predicted octanol–water partition coefficient (Wildman–Crippen LogP) is 2.77. The second-order valence-electron chi connectivity index (χ2n) is 11.4. The Morgan fingerprint density at radius 1 is 1.15 bits per heavy atom. The highest BCUT2D eigenvalue weighted by molar-refractivity contribution is 5.92. The molecule has 0 unspecified atom stereocenters. The molecule has 1 spiro atoms. The summed E-state index contributed by atoms with van der Waals surface area (Å²) in [5.74, 6) is -1.67. The van der Waals surface area contributed by atoms with Crippen LogP contribution in [-0.4, -0.2) is 77.4 Å². The minimum atomic E-state index is -0.844. The van der Waals surface area contributed by atoms with Crippen LogP contribution in [0.1, 0.15) is 52.0 Å². The highest BCUT2D eigenvalue weighted by Gasteiger charge is 2.49. The second kappa shape index (κ2) is 8.95. The molecule has 3 aliphatic rings. The van der Waals surface area contributed by atoms with Gasteiger partial charge in [-0.25, -0.2) is 8.78 Å². The maximum Gasteiger partial charge on any atom is 0.243 e. The van der Waals surface area contributed by atoms with E-state index in [0.29, 0.717) is 51.9 Å². The third kappa shape index (κ3) is 5.38. The fraction of sp³-hybridized carbons (Fsp3) is 0.680. The predicted molar refractivity (Wildman–Crippen MR) is 122 cm³/mol. The fourth-order valence-electron chi connectivity index (χ4n) is 5.65. The van der Waals surface area contributed by atoms with Crippen molar-refractivity contribution in [2.24, 2.45) is 5.41 Å². The Labute approximate surface area is 195 Å². The summed E-state index contributed by atoms with van der Waals surface area (Å²) in [7, 11) is 2.08. The zero-order valence-electron chi connectivity index (χ0n) is 20.2. The fourth-order valence-corrected chi connectivity index (χ4v) is 5.65. The molecule has 1 N–H and O–H groups in total. The smallest absolute Gasteiger partial charge is 0.243 e. The van der Waals surface area contributed by atoms with E-state index >= 15 is 0 Å². The summed E-state index contributed by atoms with van der Waals surface area (Å²) in [6, 6.07) is 3.78. The van der Waals surface area contributed by atoms with Crippen LogP contribution in [0.5, 0.6) is 0 Å². The van der Waals surface area contributed by atoms with Crippen LogP contribution in [0, 0.1) is 17.0 Å². The number of halogens is 2. The first-order chi connectivity index (χ1) is 15.4. The van der Waals surface area contributed by atoms with Gasteiger partial charge in [-0.05, 0) is 49.4 Å². The molecule has 1 aromatic carbocycles. The maximum absolute atomic E-state index is 13.5. The monoisotopic (exact) mass is 462 g/mol.